The molecule has 0 heterocycles. The first-order chi connectivity index (χ1) is 14.9. The largest absolute Gasteiger partial charge is 0.491 e. The Kier molecular flexibility index (Phi) is 6.07. The lowest BCUT2D eigenvalue weighted by atomic mass is 9.95. The summed E-state index contributed by atoms with van der Waals surface area (Å²) in [7, 11) is 0. The van der Waals surface area contributed by atoms with E-state index in [-0.39, 0.29) is 19.0 Å². The van der Waals surface area contributed by atoms with Crippen LogP contribution in [0, 0.1) is 12.7 Å². The summed E-state index contributed by atoms with van der Waals surface area (Å²) in [6.45, 7) is 5.92. The number of benzene rings is 3. The Morgan fingerprint density at radius 3 is 2.61 bits per heavy atom. The van der Waals surface area contributed by atoms with Crippen LogP contribution in [0.2, 0.25) is 0 Å². The molecule has 0 bridgehead atoms. The second kappa shape index (κ2) is 8.92. The van der Waals surface area contributed by atoms with Crippen LogP contribution in [0.1, 0.15) is 27.8 Å². The molecule has 0 aromatic heterocycles. The summed E-state index contributed by atoms with van der Waals surface area (Å²) < 4.78 is 19.0. The van der Waals surface area contributed by atoms with Crippen LogP contribution in [0.4, 0.5) is 15.8 Å². The van der Waals surface area contributed by atoms with Crippen LogP contribution >= 0.6 is 0 Å². The Bertz CT molecular complexity index is 1130. The molecule has 1 aliphatic rings. The highest BCUT2D eigenvalue weighted by Gasteiger charge is 2.18. The summed E-state index contributed by atoms with van der Waals surface area (Å²) in [5.41, 5.74) is 8.13. The Morgan fingerprint density at radius 1 is 1.03 bits per heavy atom. The normalized spacial score (nSPS) is 13.7. The third kappa shape index (κ3) is 4.63. The van der Waals surface area contributed by atoms with E-state index in [2.05, 4.69) is 24.0 Å². The highest BCUT2D eigenvalue weighted by molar-refractivity contribution is 5.84. The monoisotopic (exact) mass is 419 g/mol. The quantitative estimate of drug-likeness (QED) is 0.539. The molecular formula is C26H26FNO3. The molecule has 0 aliphatic heterocycles. The molecule has 3 aromatic rings. The average Bonchev–Trinajstić information content (AvgIpc) is 2.90. The number of rotatable bonds is 6. The third-order valence-electron chi connectivity index (χ3n) is 5.62. The summed E-state index contributed by atoms with van der Waals surface area (Å²) in [5.74, 6) is 0.397. The molecule has 0 fully saturated rings. The van der Waals surface area contributed by atoms with Gasteiger partial charge in [-0.05, 0) is 95.6 Å². The van der Waals surface area contributed by atoms with Gasteiger partial charge in [0.25, 0.3) is 0 Å². The number of hydrogen-bond donors (Lipinski definition) is 3. The van der Waals surface area contributed by atoms with Gasteiger partial charge in [0.2, 0.25) is 0 Å². The number of hydrogen-bond acceptors (Lipinski definition) is 4. The molecule has 4 nitrogen and oxygen atoms in total. The summed E-state index contributed by atoms with van der Waals surface area (Å²) in [6.07, 6.45) is 0.848. The van der Waals surface area contributed by atoms with Crippen molar-refractivity contribution < 1.29 is 19.3 Å². The van der Waals surface area contributed by atoms with Crippen LogP contribution in [0.15, 0.2) is 61.2 Å². The fourth-order valence-electron chi connectivity index (χ4n) is 3.90. The van der Waals surface area contributed by atoms with Gasteiger partial charge < -0.3 is 20.3 Å². The van der Waals surface area contributed by atoms with E-state index in [0.29, 0.717) is 5.75 Å². The Hall–Kier alpha value is -3.15. The van der Waals surface area contributed by atoms with Gasteiger partial charge in [0, 0.05) is 11.4 Å². The van der Waals surface area contributed by atoms with Gasteiger partial charge in [0.05, 0.1) is 6.61 Å². The van der Waals surface area contributed by atoms with Crippen molar-refractivity contribution in [3.8, 4) is 5.75 Å². The van der Waals surface area contributed by atoms with Crippen molar-refractivity contribution in [2.45, 2.75) is 25.9 Å². The van der Waals surface area contributed by atoms with E-state index in [1.165, 1.54) is 23.3 Å². The van der Waals surface area contributed by atoms with E-state index in [9.17, 15) is 9.50 Å². The first kappa shape index (κ1) is 21.1. The minimum absolute atomic E-state index is 0.0379. The highest BCUT2D eigenvalue weighted by atomic mass is 19.1. The fourth-order valence-corrected chi connectivity index (χ4v) is 3.90. The zero-order chi connectivity index (χ0) is 22.0. The third-order valence-corrected chi connectivity index (χ3v) is 5.62. The maximum absolute atomic E-state index is 13.4. The minimum atomic E-state index is -0.904. The van der Waals surface area contributed by atoms with Gasteiger partial charge in [-0.1, -0.05) is 18.7 Å². The van der Waals surface area contributed by atoms with Gasteiger partial charge in [-0.2, -0.15) is 0 Å². The maximum atomic E-state index is 13.4. The van der Waals surface area contributed by atoms with Crippen molar-refractivity contribution in [1.29, 1.82) is 0 Å². The van der Waals surface area contributed by atoms with Crippen molar-refractivity contribution in [2.24, 2.45) is 0 Å². The number of aliphatic hydroxyl groups excluding tert-OH is 2. The summed E-state index contributed by atoms with van der Waals surface area (Å²) in [6, 6.07) is 16.8. The van der Waals surface area contributed by atoms with E-state index in [0.717, 1.165) is 46.5 Å². The summed E-state index contributed by atoms with van der Waals surface area (Å²) >= 11 is 0. The zero-order valence-corrected chi connectivity index (χ0v) is 17.5. The molecule has 1 atom stereocenters. The van der Waals surface area contributed by atoms with E-state index >= 15 is 0 Å². The summed E-state index contributed by atoms with van der Waals surface area (Å²) in [5, 5.41) is 21.9. The van der Waals surface area contributed by atoms with Crippen LogP contribution in [-0.4, -0.2) is 29.5 Å². The Labute approximate surface area is 181 Å². The van der Waals surface area contributed by atoms with Gasteiger partial charge >= 0.3 is 0 Å². The molecule has 3 N–H and O–H groups in total. The zero-order valence-electron chi connectivity index (χ0n) is 17.5. The molecule has 160 valence electrons. The molecule has 0 unspecified atom stereocenters. The Morgan fingerprint density at radius 2 is 1.84 bits per heavy atom. The van der Waals surface area contributed by atoms with Gasteiger partial charge in [-0.15, -0.1) is 0 Å². The highest BCUT2D eigenvalue weighted by Crippen LogP contribution is 2.36. The molecule has 4 rings (SSSR count). The standard InChI is InChI=1S/C26H26FNO3/c1-16-11-20(27)6-10-26(16)28-21-7-9-24-17(2)25-13-23(31-15-22(30)14-29)8-5-18(25)3-4-19(24)12-21/h5-13,22,28-30H,2-4,14-15H2,1H3/t22-/m1/s1. The predicted octanol–water partition coefficient (Wildman–Crippen LogP) is 4.77. The molecule has 0 spiro atoms. The molecule has 1 aliphatic carbocycles. The Balaban J connectivity index is 1.58. The van der Waals surface area contributed by atoms with Gasteiger partial charge in [-0.3, -0.25) is 0 Å². The lowest BCUT2D eigenvalue weighted by Crippen LogP contribution is -2.21. The van der Waals surface area contributed by atoms with Gasteiger partial charge in [0.15, 0.2) is 0 Å². The smallest absolute Gasteiger partial charge is 0.123 e. The lowest BCUT2D eigenvalue weighted by Gasteiger charge is -2.15. The number of anilines is 2. The van der Waals surface area contributed by atoms with E-state index < -0.39 is 6.10 Å². The molecule has 0 saturated heterocycles. The second-order valence-electron chi connectivity index (χ2n) is 7.90. The van der Waals surface area contributed by atoms with Crippen LogP contribution < -0.4 is 10.1 Å². The first-order valence-corrected chi connectivity index (χ1v) is 10.3. The summed E-state index contributed by atoms with van der Waals surface area (Å²) in [4.78, 5) is 0. The molecular weight excluding hydrogens is 393 g/mol. The van der Waals surface area contributed by atoms with Crippen molar-refractivity contribution in [1.82, 2.24) is 0 Å². The number of nitrogens with one attached hydrogen (secondary N) is 1. The van der Waals surface area contributed by atoms with Gasteiger partial charge in [0.1, 0.15) is 24.3 Å². The number of aryl methyl sites for hydroxylation is 3. The topological polar surface area (TPSA) is 61.7 Å². The molecule has 5 heteroatoms. The number of ether oxygens (including phenoxy) is 1. The van der Waals surface area contributed by atoms with Crippen molar-refractivity contribution in [2.75, 3.05) is 18.5 Å². The van der Waals surface area contributed by atoms with E-state index in [4.69, 9.17) is 9.84 Å². The lowest BCUT2D eigenvalue weighted by molar-refractivity contribution is 0.0536. The van der Waals surface area contributed by atoms with Crippen molar-refractivity contribution in [3.05, 3.63) is 94.8 Å². The number of halogens is 1. The van der Waals surface area contributed by atoms with Gasteiger partial charge in [-0.25, -0.2) is 4.39 Å². The molecule has 3 aromatic carbocycles. The molecule has 31 heavy (non-hydrogen) atoms. The second-order valence-corrected chi connectivity index (χ2v) is 7.90. The minimum Gasteiger partial charge on any atom is -0.491 e. The van der Waals surface area contributed by atoms with E-state index in [1.807, 2.05) is 31.2 Å². The van der Waals surface area contributed by atoms with Crippen molar-refractivity contribution >= 4 is 16.9 Å². The molecule has 0 amide bonds. The SMILES string of the molecule is C=C1c2ccc(Nc3ccc(F)cc3C)cc2CCc2ccc(OC[C@H](O)CO)cc21. The van der Waals surface area contributed by atoms with Crippen molar-refractivity contribution in [3.63, 3.8) is 0 Å². The van der Waals surface area contributed by atoms with Crippen LogP contribution in [0.25, 0.3) is 5.57 Å². The predicted molar refractivity (Wildman–Crippen MR) is 121 cm³/mol. The van der Waals surface area contributed by atoms with Crippen LogP contribution in [-0.2, 0) is 12.8 Å². The van der Waals surface area contributed by atoms with Crippen LogP contribution in [0.3, 0.4) is 0 Å². The van der Waals surface area contributed by atoms with Crippen LogP contribution in [0.5, 0.6) is 5.75 Å². The number of fused-ring (bicyclic) bond motifs is 2. The van der Waals surface area contributed by atoms with E-state index in [1.54, 1.807) is 6.07 Å². The number of aliphatic hydroxyl groups is 2. The first-order valence-electron chi connectivity index (χ1n) is 10.3. The average molecular weight is 419 g/mol. The maximum Gasteiger partial charge on any atom is 0.123 e. The fraction of sp³-hybridized carbons (Fsp3) is 0.231. The molecule has 0 saturated carbocycles. The molecule has 0 radical (unpaired) electrons.